The minimum absolute atomic E-state index is 0.0170. The van der Waals surface area contributed by atoms with Gasteiger partial charge in [-0.15, -0.1) is 0 Å². The van der Waals surface area contributed by atoms with Gasteiger partial charge in [-0.1, -0.05) is 48.5 Å². The quantitative estimate of drug-likeness (QED) is 0.785. The number of carboxylic acid groups (broad SMARTS) is 1. The number of ether oxygens (including phenoxy) is 1. The van der Waals surface area contributed by atoms with Crippen LogP contribution in [-0.4, -0.2) is 35.7 Å². The number of aliphatic carboxylic acids is 1. The molecule has 5 nitrogen and oxygen atoms in total. The fourth-order valence-corrected chi connectivity index (χ4v) is 4.11. The minimum Gasteiger partial charge on any atom is -0.479 e. The summed E-state index contributed by atoms with van der Waals surface area (Å²) in [4.78, 5) is 23.7. The Labute approximate surface area is 160 Å². The van der Waals surface area contributed by atoms with Gasteiger partial charge in [0.25, 0.3) is 0 Å². The summed E-state index contributed by atoms with van der Waals surface area (Å²) in [5, 5.41) is 11.7. The number of carboxylic acids is 1. The van der Waals surface area contributed by atoms with Crippen LogP contribution in [0.15, 0.2) is 48.5 Å². The number of hydrogen-bond donors (Lipinski definition) is 2. The van der Waals surface area contributed by atoms with Crippen molar-refractivity contribution in [3.8, 4) is 11.1 Å². The summed E-state index contributed by atoms with van der Waals surface area (Å²) < 4.78 is 30.5. The number of fused-ring (bicyclic) bond motifs is 3. The van der Waals surface area contributed by atoms with Crippen molar-refractivity contribution in [2.45, 2.75) is 30.7 Å². The largest absolute Gasteiger partial charge is 0.479 e. The fraction of sp³-hybridized carbons (Fsp3) is 0.333. The highest BCUT2D eigenvalue weighted by Crippen LogP contribution is 2.48. The highest BCUT2D eigenvalue weighted by molar-refractivity contribution is 5.88. The van der Waals surface area contributed by atoms with Crippen molar-refractivity contribution in [1.29, 1.82) is 0 Å². The number of amides is 1. The number of hydrogen-bond acceptors (Lipinski definition) is 3. The molecule has 2 aliphatic rings. The fourth-order valence-electron chi connectivity index (χ4n) is 4.11. The van der Waals surface area contributed by atoms with Crippen LogP contribution in [0.25, 0.3) is 11.1 Å². The molecule has 0 aliphatic heterocycles. The van der Waals surface area contributed by atoms with Crippen molar-refractivity contribution in [2.75, 3.05) is 6.61 Å². The maximum absolute atomic E-state index is 12.6. The van der Waals surface area contributed by atoms with E-state index in [0.29, 0.717) is 0 Å². The standard InChI is InChI=1S/C21H19F2NO4/c22-18(23)9-12-10-21(12,19(25)26)24-20(27)28-11-17-15-7-3-1-5-13(15)14-6-2-4-8-16(14)17/h1-8,12,17-18H,9-11H2,(H,24,27)(H,25,26)/t12-,21-/m0/s1. The Hall–Kier alpha value is -2.96. The third-order valence-electron chi connectivity index (χ3n) is 5.62. The predicted octanol–water partition coefficient (Wildman–Crippen LogP) is 4.02. The molecule has 0 spiro atoms. The van der Waals surface area contributed by atoms with Gasteiger partial charge in [-0.05, 0) is 28.7 Å². The van der Waals surface area contributed by atoms with Crippen molar-refractivity contribution in [2.24, 2.45) is 5.92 Å². The summed E-state index contributed by atoms with van der Waals surface area (Å²) in [6.45, 7) is 0.0368. The average Bonchev–Trinajstić information content (AvgIpc) is 3.24. The summed E-state index contributed by atoms with van der Waals surface area (Å²) in [6, 6.07) is 15.7. The van der Waals surface area contributed by atoms with Gasteiger partial charge in [0.1, 0.15) is 12.1 Å². The van der Waals surface area contributed by atoms with Crippen molar-refractivity contribution < 1.29 is 28.2 Å². The van der Waals surface area contributed by atoms with Crippen LogP contribution in [0, 0.1) is 5.92 Å². The van der Waals surface area contributed by atoms with E-state index in [1.807, 2.05) is 48.5 Å². The number of carbonyl (C=O) groups is 2. The normalized spacial score (nSPS) is 22.5. The zero-order chi connectivity index (χ0) is 19.9. The van der Waals surface area contributed by atoms with E-state index < -0.39 is 36.4 Å². The van der Waals surface area contributed by atoms with Crippen LogP contribution in [0.3, 0.4) is 0 Å². The lowest BCUT2D eigenvalue weighted by atomic mass is 9.98. The van der Waals surface area contributed by atoms with Crippen molar-refractivity contribution in [3.05, 3.63) is 59.7 Å². The van der Waals surface area contributed by atoms with Crippen LogP contribution < -0.4 is 5.32 Å². The third-order valence-corrected chi connectivity index (χ3v) is 5.62. The van der Waals surface area contributed by atoms with E-state index in [1.165, 1.54) is 0 Å². The first-order valence-corrected chi connectivity index (χ1v) is 9.07. The molecule has 0 heterocycles. The Balaban J connectivity index is 1.45. The first kappa shape index (κ1) is 18.4. The lowest BCUT2D eigenvalue weighted by Gasteiger charge is -2.18. The van der Waals surface area contributed by atoms with Gasteiger partial charge < -0.3 is 15.2 Å². The molecule has 2 N–H and O–H groups in total. The molecule has 1 amide bonds. The molecule has 4 rings (SSSR count). The molecule has 0 saturated heterocycles. The molecule has 2 aromatic carbocycles. The zero-order valence-electron chi connectivity index (χ0n) is 14.9. The van der Waals surface area contributed by atoms with Crippen molar-refractivity contribution >= 4 is 12.1 Å². The van der Waals surface area contributed by atoms with E-state index in [2.05, 4.69) is 5.32 Å². The summed E-state index contributed by atoms with van der Waals surface area (Å²) in [5.74, 6) is -2.26. The number of rotatable bonds is 6. The molecule has 146 valence electrons. The molecule has 2 aromatic rings. The second-order valence-corrected chi connectivity index (χ2v) is 7.25. The van der Waals surface area contributed by atoms with Gasteiger partial charge in [0.15, 0.2) is 0 Å². The van der Waals surface area contributed by atoms with Gasteiger partial charge >= 0.3 is 12.1 Å². The smallest absolute Gasteiger partial charge is 0.408 e. The van der Waals surface area contributed by atoms with Crippen LogP contribution >= 0.6 is 0 Å². The molecule has 0 radical (unpaired) electrons. The number of nitrogens with one attached hydrogen (secondary N) is 1. The number of benzene rings is 2. The molecule has 0 aromatic heterocycles. The predicted molar refractivity (Wildman–Crippen MR) is 97.3 cm³/mol. The molecule has 0 bridgehead atoms. The Bertz CT molecular complexity index is 887. The van der Waals surface area contributed by atoms with Crippen molar-refractivity contribution in [3.63, 3.8) is 0 Å². The highest BCUT2D eigenvalue weighted by Gasteiger charge is 2.62. The Kier molecular flexibility index (Phi) is 4.53. The molecule has 0 unspecified atom stereocenters. The molecule has 7 heteroatoms. The monoisotopic (exact) mass is 387 g/mol. The van der Waals surface area contributed by atoms with Crippen LogP contribution in [0.1, 0.15) is 29.9 Å². The molecule has 2 atom stereocenters. The molecule has 28 heavy (non-hydrogen) atoms. The van der Waals surface area contributed by atoms with Gasteiger partial charge in [0.2, 0.25) is 6.43 Å². The Morgan fingerprint density at radius 3 is 2.21 bits per heavy atom. The second-order valence-electron chi connectivity index (χ2n) is 7.25. The summed E-state index contributed by atoms with van der Waals surface area (Å²) >= 11 is 0. The maximum Gasteiger partial charge on any atom is 0.408 e. The molecular weight excluding hydrogens is 368 g/mol. The van der Waals surface area contributed by atoms with Gasteiger partial charge in [0, 0.05) is 18.3 Å². The Morgan fingerprint density at radius 2 is 1.68 bits per heavy atom. The van der Waals surface area contributed by atoms with E-state index in [-0.39, 0.29) is 18.9 Å². The number of alkyl carbamates (subject to hydrolysis) is 1. The third kappa shape index (κ3) is 3.10. The van der Waals surface area contributed by atoms with E-state index in [0.717, 1.165) is 22.3 Å². The summed E-state index contributed by atoms with van der Waals surface area (Å²) in [6.07, 6.45) is -4.09. The molecule has 1 fully saturated rings. The summed E-state index contributed by atoms with van der Waals surface area (Å²) in [7, 11) is 0. The van der Waals surface area contributed by atoms with Gasteiger partial charge in [-0.2, -0.15) is 0 Å². The minimum atomic E-state index is -2.62. The van der Waals surface area contributed by atoms with Gasteiger partial charge in [-0.25, -0.2) is 18.4 Å². The summed E-state index contributed by atoms with van der Waals surface area (Å²) in [5.41, 5.74) is 2.57. The first-order chi connectivity index (χ1) is 13.4. The van der Waals surface area contributed by atoms with Crippen LogP contribution in [0.5, 0.6) is 0 Å². The lowest BCUT2D eigenvalue weighted by molar-refractivity contribution is -0.141. The SMILES string of the molecule is O=C(N[C@@]1(C(=O)O)C[C@@H]1CC(F)F)OCC1c2ccccc2-c2ccccc21. The highest BCUT2D eigenvalue weighted by atomic mass is 19.3. The zero-order valence-corrected chi connectivity index (χ0v) is 14.9. The number of alkyl halides is 2. The van der Waals surface area contributed by atoms with Crippen LogP contribution in [0.2, 0.25) is 0 Å². The van der Waals surface area contributed by atoms with E-state index in [1.54, 1.807) is 0 Å². The first-order valence-electron chi connectivity index (χ1n) is 9.07. The van der Waals surface area contributed by atoms with Crippen molar-refractivity contribution in [1.82, 2.24) is 5.32 Å². The van der Waals surface area contributed by atoms with Gasteiger partial charge in [-0.3, -0.25) is 0 Å². The van der Waals surface area contributed by atoms with Crippen LogP contribution in [-0.2, 0) is 9.53 Å². The average molecular weight is 387 g/mol. The van der Waals surface area contributed by atoms with E-state index >= 15 is 0 Å². The topological polar surface area (TPSA) is 75.6 Å². The maximum atomic E-state index is 12.6. The lowest BCUT2D eigenvalue weighted by Crippen LogP contribution is -2.45. The van der Waals surface area contributed by atoms with E-state index in [4.69, 9.17) is 4.74 Å². The van der Waals surface area contributed by atoms with Gasteiger partial charge in [0.05, 0.1) is 0 Å². The number of halogens is 2. The Morgan fingerprint density at radius 1 is 1.11 bits per heavy atom. The molecule has 1 saturated carbocycles. The van der Waals surface area contributed by atoms with Crippen LogP contribution in [0.4, 0.5) is 13.6 Å². The number of carbonyl (C=O) groups excluding carboxylic acids is 1. The molecule has 2 aliphatic carbocycles. The second kappa shape index (κ2) is 6.89. The van der Waals surface area contributed by atoms with E-state index in [9.17, 15) is 23.5 Å². The molecular formula is C21H19F2NO4.